The maximum absolute atomic E-state index is 4.30. The van der Waals surface area contributed by atoms with Gasteiger partial charge in [-0.2, -0.15) is 0 Å². The molecule has 126 valence electrons. The number of nitrogens with one attached hydrogen (secondary N) is 2. The molecule has 0 fully saturated rings. The van der Waals surface area contributed by atoms with E-state index in [0.29, 0.717) is 12.5 Å². The Balaban J connectivity index is 0.00000242. The van der Waals surface area contributed by atoms with Crippen LogP contribution in [0.3, 0.4) is 0 Å². The molecule has 1 aliphatic heterocycles. The van der Waals surface area contributed by atoms with E-state index >= 15 is 0 Å². The predicted molar refractivity (Wildman–Crippen MR) is 101 cm³/mol. The Morgan fingerprint density at radius 2 is 2.00 bits per heavy atom. The first kappa shape index (κ1) is 19.2. The number of nitrogens with zero attached hydrogens (tertiary/aromatic N) is 4. The maximum atomic E-state index is 4.30. The van der Waals surface area contributed by atoms with Crippen LogP contribution in [-0.4, -0.2) is 34.3 Å². The Labute approximate surface area is 150 Å². The minimum atomic E-state index is 0. The molecule has 0 unspecified atom stereocenters. The number of aromatic nitrogens is 3. The third-order valence-electron chi connectivity index (χ3n) is 4.29. The van der Waals surface area contributed by atoms with Gasteiger partial charge >= 0.3 is 0 Å². The van der Waals surface area contributed by atoms with Crippen molar-refractivity contribution in [1.82, 2.24) is 25.4 Å². The quantitative estimate of drug-likeness (QED) is 0.421. The van der Waals surface area contributed by atoms with E-state index in [9.17, 15) is 0 Å². The third kappa shape index (κ3) is 5.10. The second kappa shape index (κ2) is 10.0. The lowest BCUT2D eigenvalue weighted by atomic mass is 10.0. The van der Waals surface area contributed by atoms with Crippen LogP contribution in [0.4, 0.5) is 0 Å². The highest BCUT2D eigenvalue weighted by Crippen LogP contribution is 2.13. The third-order valence-corrected chi connectivity index (χ3v) is 4.29. The Morgan fingerprint density at radius 1 is 1.23 bits per heavy atom. The van der Waals surface area contributed by atoms with Crippen molar-refractivity contribution < 1.29 is 0 Å². The van der Waals surface area contributed by atoms with Gasteiger partial charge in [0, 0.05) is 26.6 Å². The summed E-state index contributed by atoms with van der Waals surface area (Å²) in [5.41, 5.74) is 0. The van der Waals surface area contributed by atoms with Crippen molar-refractivity contribution >= 4 is 29.9 Å². The second-order valence-corrected chi connectivity index (χ2v) is 5.63. The standard InChI is InChI=1S/C15H28N6.HI/c1-4-12(5-2)10-17-15(16-3)18-11-14-20-19-13-8-6-7-9-21(13)14;/h12H,4-11H2,1-3H3,(H2,16,17,18);1H. The largest absolute Gasteiger partial charge is 0.356 e. The van der Waals surface area contributed by atoms with Crippen LogP contribution in [0.1, 0.15) is 51.2 Å². The SMILES string of the molecule is CCC(CC)CNC(=NC)NCc1nnc2n1CCCC2.I. The normalized spacial score (nSPS) is 14.5. The fourth-order valence-electron chi connectivity index (χ4n) is 2.70. The zero-order valence-corrected chi connectivity index (χ0v) is 16.3. The molecule has 0 saturated heterocycles. The average Bonchev–Trinajstić information content (AvgIpc) is 2.94. The molecular formula is C15H29IN6. The highest BCUT2D eigenvalue weighted by atomic mass is 127. The number of aryl methyl sites for hydroxylation is 1. The lowest BCUT2D eigenvalue weighted by Gasteiger charge is -2.18. The number of hydrogen-bond acceptors (Lipinski definition) is 3. The van der Waals surface area contributed by atoms with E-state index in [0.717, 1.165) is 37.1 Å². The Hall–Kier alpha value is -0.860. The molecule has 7 heteroatoms. The molecule has 0 atom stereocenters. The van der Waals surface area contributed by atoms with Crippen molar-refractivity contribution in [3.63, 3.8) is 0 Å². The van der Waals surface area contributed by atoms with E-state index in [4.69, 9.17) is 0 Å². The van der Waals surface area contributed by atoms with Crippen molar-refractivity contribution in [2.45, 2.75) is 59.0 Å². The Kier molecular flexibility index (Phi) is 8.74. The summed E-state index contributed by atoms with van der Waals surface area (Å²) in [5, 5.41) is 15.3. The van der Waals surface area contributed by atoms with Gasteiger partial charge in [0.2, 0.25) is 0 Å². The van der Waals surface area contributed by atoms with Crippen molar-refractivity contribution in [1.29, 1.82) is 0 Å². The predicted octanol–water partition coefficient (Wildman–Crippen LogP) is 2.33. The van der Waals surface area contributed by atoms with E-state index in [1.165, 1.54) is 25.7 Å². The van der Waals surface area contributed by atoms with Gasteiger partial charge in [0.15, 0.2) is 11.8 Å². The lowest BCUT2D eigenvalue weighted by molar-refractivity contribution is 0.479. The summed E-state index contributed by atoms with van der Waals surface area (Å²) in [7, 11) is 1.81. The minimum absolute atomic E-state index is 0. The van der Waals surface area contributed by atoms with Crippen molar-refractivity contribution in [3.8, 4) is 0 Å². The van der Waals surface area contributed by atoms with Crippen molar-refractivity contribution in [2.24, 2.45) is 10.9 Å². The molecule has 0 spiro atoms. The zero-order chi connectivity index (χ0) is 15.1. The highest BCUT2D eigenvalue weighted by molar-refractivity contribution is 14.0. The molecular weight excluding hydrogens is 391 g/mol. The molecule has 0 saturated carbocycles. The second-order valence-electron chi connectivity index (χ2n) is 5.63. The van der Waals surface area contributed by atoms with Crippen molar-refractivity contribution in [2.75, 3.05) is 13.6 Å². The van der Waals surface area contributed by atoms with Crippen LogP contribution in [0.5, 0.6) is 0 Å². The summed E-state index contributed by atoms with van der Waals surface area (Å²) in [6.45, 7) is 7.14. The van der Waals surface area contributed by atoms with Gasteiger partial charge in [-0.05, 0) is 18.8 Å². The molecule has 0 radical (unpaired) electrons. The summed E-state index contributed by atoms with van der Waals surface area (Å²) in [6.07, 6.45) is 5.88. The monoisotopic (exact) mass is 420 g/mol. The summed E-state index contributed by atoms with van der Waals surface area (Å²) in [5.74, 6) is 3.67. The van der Waals surface area contributed by atoms with E-state index in [1.807, 2.05) is 7.05 Å². The molecule has 1 aromatic heterocycles. The maximum Gasteiger partial charge on any atom is 0.191 e. The average molecular weight is 420 g/mol. The van der Waals surface area contributed by atoms with Gasteiger partial charge < -0.3 is 15.2 Å². The van der Waals surface area contributed by atoms with Gasteiger partial charge in [-0.1, -0.05) is 26.7 Å². The Bertz CT molecular complexity index is 467. The Morgan fingerprint density at radius 3 is 2.68 bits per heavy atom. The van der Waals surface area contributed by atoms with Crippen LogP contribution in [0.25, 0.3) is 0 Å². The number of rotatable bonds is 6. The van der Waals surface area contributed by atoms with Crippen LogP contribution in [0.2, 0.25) is 0 Å². The van der Waals surface area contributed by atoms with Crippen molar-refractivity contribution in [3.05, 3.63) is 11.6 Å². The zero-order valence-electron chi connectivity index (χ0n) is 13.9. The molecule has 0 aromatic carbocycles. The molecule has 2 N–H and O–H groups in total. The summed E-state index contributed by atoms with van der Waals surface area (Å²) >= 11 is 0. The van der Waals surface area contributed by atoms with E-state index in [1.54, 1.807) is 0 Å². The number of aliphatic imine (C=N–C) groups is 1. The number of halogens is 1. The molecule has 0 amide bonds. The van der Waals surface area contributed by atoms with Crippen LogP contribution < -0.4 is 10.6 Å². The molecule has 22 heavy (non-hydrogen) atoms. The summed E-state index contributed by atoms with van der Waals surface area (Å²) < 4.78 is 2.24. The minimum Gasteiger partial charge on any atom is -0.356 e. The lowest BCUT2D eigenvalue weighted by Crippen LogP contribution is -2.39. The first-order valence-electron chi connectivity index (χ1n) is 8.13. The summed E-state index contributed by atoms with van der Waals surface area (Å²) in [4.78, 5) is 4.28. The van der Waals surface area contributed by atoms with Gasteiger partial charge in [-0.25, -0.2) is 0 Å². The molecule has 6 nitrogen and oxygen atoms in total. The van der Waals surface area contributed by atoms with Gasteiger partial charge in [0.1, 0.15) is 5.82 Å². The van der Waals surface area contributed by atoms with E-state index < -0.39 is 0 Å². The van der Waals surface area contributed by atoms with E-state index in [2.05, 4.69) is 44.2 Å². The number of hydrogen-bond donors (Lipinski definition) is 2. The topological polar surface area (TPSA) is 67.1 Å². The van der Waals surface area contributed by atoms with Gasteiger partial charge in [0.25, 0.3) is 0 Å². The molecule has 1 aliphatic rings. The summed E-state index contributed by atoms with van der Waals surface area (Å²) in [6, 6.07) is 0. The van der Waals surface area contributed by atoms with Crippen LogP contribution in [0.15, 0.2) is 4.99 Å². The number of fused-ring (bicyclic) bond motifs is 1. The van der Waals surface area contributed by atoms with Gasteiger partial charge in [0.05, 0.1) is 6.54 Å². The number of guanidine groups is 1. The fourth-order valence-corrected chi connectivity index (χ4v) is 2.70. The van der Waals surface area contributed by atoms with Crippen LogP contribution >= 0.6 is 24.0 Å². The smallest absolute Gasteiger partial charge is 0.191 e. The van der Waals surface area contributed by atoms with Crippen LogP contribution in [0, 0.1) is 5.92 Å². The van der Waals surface area contributed by atoms with Gasteiger partial charge in [-0.3, -0.25) is 4.99 Å². The highest BCUT2D eigenvalue weighted by Gasteiger charge is 2.15. The first-order valence-corrected chi connectivity index (χ1v) is 8.13. The van der Waals surface area contributed by atoms with Crippen LogP contribution in [-0.2, 0) is 19.5 Å². The molecule has 2 heterocycles. The van der Waals surface area contributed by atoms with Gasteiger partial charge in [-0.15, -0.1) is 34.2 Å². The molecule has 1 aromatic rings. The van der Waals surface area contributed by atoms with E-state index in [-0.39, 0.29) is 24.0 Å². The molecule has 2 rings (SSSR count). The fraction of sp³-hybridized carbons (Fsp3) is 0.800. The first-order chi connectivity index (χ1) is 10.3. The molecule has 0 bridgehead atoms. The molecule has 0 aliphatic carbocycles.